The van der Waals surface area contributed by atoms with E-state index in [0.717, 1.165) is 0 Å². The van der Waals surface area contributed by atoms with Crippen LogP contribution in [0.3, 0.4) is 0 Å². The van der Waals surface area contributed by atoms with E-state index in [-0.39, 0.29) is 29.9 Å². The van der Waals surface area contributed by atoms with Gasteiger partial charge in [-0.1, -0.05) is 47.3 Å². The number of hydrogen-bond acceptors (Lipinski definition) is 3. The first-order valence-corrected chi connectivity index (χ1v) is 12.4. The first-order valence-electron chi connectivity index (χ1n) is 8.85. The predicted molar refractivity (Wildman–Crippen MR) is 104 cm³/mol. The molecule has 1 amide bonds. The normalized spacial score (nSPS) is 14.8. The molecule has 0 saturated heterocycles. The third-order valence-corrected chi connectivity index (χ3v) is 5.56. The molecule has 0 radical (unpaired) electrons. The molecule has 0 rings (SSSR count). The van der Waals surface area contributed by atoms with Crippen LogP contribution in [0, 0.1) is 11.3 Å². The Balaban J connectivity index is 5.56. The molecule has 0 fully saturated rings. The molecule has 24 heavy (non-hydrogen) atoms. The Morgan fingerprint density at radius 1 is 0.958 bits per heavy atom. The van der Waals surface area contributed by atoms with Gasteiger partial charge in [0.25, 0.3) is 0 Å². The fourth-order valence-electron chi connectivity index (χ4n) is 2.59. The third kappa shape index (κ3) is 6.79. The number of carbonyl (C=O) groups is 2. The molecule has 0 aliphatic carbocycles. The fourth-order valence-corrected chi connectivity index (χ4v) is 3.73. The highest BCUT2D eigenvalue weighted by Crippen LogP contribution is 2.25. The van der Waals surface area contributed by atoms with Crippen LogP contribution in [0.4, 0.5) is 4.79 Å². The molecule has 0 heterocycles. The summed E-state index contributed by atoms with van der Waals surface area (Å²) < 4.78 is 5.79. The Bertz CT molecular complexity index is 474. The number of ether oxygens (including phenoxy) is 1. The summed E-state index contributed by atoms with van der Waals surface area (Å²) in [5.74, 6) is -0.120. The van der Waals surface area contributed by atoms with Crippen molar-refractivity contribution in [2.45, 2.75) is 87.1 Å². The molecule has 0 bridgehead atoms. The van der Waals surface area contributed by atoms with Gasteiger partial charge in [0.2, 0.25) is 0 Å². The van der Waals surface area contributed by atoms with Crippen molar-refractivity contribution in [2.75, 3.05) is 0 Å². The molecule has 1 atom stereocenters. The molecule has 0 aromatic heterocycles. The number of carbonyl (C=O) groups excluding carboxylic acids is 2. The maximum atomic E-state index is 12.6. The van der Waals surface area contributed by atoms with E-state index in [1.165, 1.54) is 0 Å². The Kier molecular flexibility index (Phi) is 7.94. The van der Waals surface area contributed by atoms with Crippen molar-refractivity contribution >= 4 is 20.0 Å². The average molecular weight is 356 g/mol. The van der Waals surface area contributed by atoms with Gasteiger partial charge in [-0.2, -0.15) is 0 Å². The highest BCUT2D eigenvalue weighted by atomic mass is 28.3. The average Bonchev–Trinajstić information content (AvgIpc) is 2.33. The van der Waals surface area contributed by atoms with E-state index in [0.29, 0.717) is 5.38 Å². The monoisotopic (exact) mass is 355 g/mol. The number of amides is 1. The lowest BCUT2D eigenvalue weighted by Gasteiger charge is -2.32. The van der Waals surface area contributed by atoms with E-state index in [4.69, 9.17) is 4.74 Å². The molecule has 140 valence electrons. The van der Waals surface area contributed by atoms with Crippen LogP contribution in [-0.2, 0) is 9.53 Å². The van der Waals surface area contributed by atoms with Gasteiger partial charge < -0.3 is 9.64 Å². The van der Waals surface area contributed by atoms with Gasteiger partial charge in [0.15, 0.2) is 0 Å². The van der Waals surface area contributed by atoms with E-state index in [2.05, 4.69) is 19.6 Å². The van der Waals surface area contributed by atoms with Gasteiger partial charge in [-0.25, -0.2) is 4.79 Å². The zero-order chi connectivity index (χ0) is 19.5. The Morgan fingerprint density at radius 2 is 1.38 bits per heavy atom. The van der Waals surface area contributed by atoms with Gasteiger partial charge in [-0.15, -0.1) is 0 Å². The SMILES string of the molecule is CC(C)N(C(=O)O/C(=C/[C@H](C)C(=O)C(C)(C)C)[Si](C)(C)C)C(C)C. The van der Waals surface area contributed by atoms with Crippen LogP contribution in [0.25, 0.3) is 0 Å². The Morgan fingerprint density at radius 3 is 1.67 bits per heavy atom. The van der Waals surface area contributed by atoms with Gasteiger partial charge in [0.1, 0.15) is 13.9 Å². The first-order chi connectivity index (χ1) is 10.6. The quantitative estimate of drug-likeness (QED) is 0.482. The van der Waals surface area contributed by atoms with Crippen molar-refractivity contribution in [3.05, 3.63) is 11.5 Å². The summed E-state index contributed by atoms with van der Waals surface area (Å²) in [6.45, 7) is 21.9. The predicted octanol–water partition coefficient (Wildman–Crippen LogP) is 5.25. The van der Waals surface area contributed by atoms with E-state index in [1.807, 2.05) is 61.5 Å². The van der Waals surface area contributed by atoms with Crippen molar-refractivity contribution in [1.82, 2.24) is 4.90 Å². The van der Waals surface area contributed by atoms with E-state index < -0.39 is 13.5 Å². The van der Waals surface area contributed by atoms with E-state index in [9.17, 15) is 9.59 Å². The van der Waals surface area contributed by atoms with Crippen LogP contribution in [0.5, 0.6) is 0 Å². The summed E-state index contributed by atoms with van der Waals surface area (Å²) in [5.41, 5.74) is -0.410. The van der Waals surface area contributed by atoms with Gasteiger partial charge in [-0.3, -0.25) is 4.79 Å². The van der Waals surface area contributed by atoms with Crippen molar-refractivity contribution in [2.24, 2.45) is 11.3 Å². The second-order valence-corrected chi connectivity index (χ2v) is 14.1. The van der Waals surface area contributed by atoms with Gasteiger partial charge in [0, 0.05) is 23.4 Å². The van der Waals surface area contributed by atoms with E-state index in [1.54, 1.807) is 4.90 Å². The Labute approximate surface area is 149 Å². The fraction of sp³-hybridized carbons (Fsp3) is 0.789. The summed E-state index contributed by atoms with van der Waals surface area (Å²) >= 11 is 0. The molecule has 0 aliphatic rings. The van der Waals surface area contributed by atoms with Crippen LogP contribution >= 0.6 is 0 Å². The second-order valence-electron chi connectivity index (χ2n) is 9.15. The molecule has 0 N–H and O–H groups in total. The highest BCUT2D eigenvalue weighted by Gasteiger charge is 2.31. The summed E-state index contributed by atoms with van der Waals surface area (Å²) in [6, 6.07) is 0.128. The number of Topliss-reactive ketones (excluding diaryl/α,β-unsaturated/α-hetero) is 1. The zero-order valence-electron chi connectivity index (χ0n) is 17.5. The van der Waals surface area contributed by atoms with Crippen molar-refractivity contribution in [3.63, 3.8) is 0 Å². The van der Waals surface area contributed by atoms with Crippen molar-refractivity contribution < 1.29 is 14.3 Å². The molecule has 0 spiro atoms. The minimum Gasteiger partial charge on any atom is -0.420 e. The molecule has 0 unspecified atom stereocenters. The maximum Gasteiger partial charge on any atom is 0.414 e. The molecule has 4 nitrogen and oxygen atoms in total. The number of ketones is 1. The van der Waals surface area contributed by atoms with Gasteiger partial charge in [-0.05, 0) is 33.8 Å². The molecule has 0 aromatic rings. The highest BCUT2D eigenvalue weighted by molar-refractivity contribution is 6.82. The second kappa shape index (κ2) is 8.32. The standard InChI is InChI=1S/C19H37NO3Si/c1-13(2)20(14(3)4)18(22)23-16(24(9,10)11)12-15(5)17(21)19(6,7)8/h12-15H,1-11H3/b16-12-/t15-/m0/s1. The van der Waals surface area contributed by atoms with Crippen LogP contribution in [-0.4, -0.2) is 36.9 Å². The van der Waals surface area contributed by atoms with Gasteiger partial charge in [0.05, 0.1) is 5.38 Å². The molecule has 5 heteroatoms. The lowest BCUT2D eigenvalue weighted by atomic mass is 9.84. The number of nitrogens with zero attached hydrogens (tertiary/aromatic N) is 1. The lowest BCUT2D eigenvalue weighted by Crippen LogP contribution is -2.44. The number of hydrogen-bond donors (Lipinski definition) is 0. The minimum absolute atomic E-state index is 0.0639. The van der Waals surface area contributed by atoms with Crippen molar-refractivity contribution in [1.29, 1.82) is 0 Å². The maximum absolute atomic E-state index is 12.6. The molecule has 0 saturated carbocycles. The number of rotatable bonds is 6. The van der Waals surface area contributed by atoms with Gasteiger partial charge >= 0.3 is 6.09 Å². The molecule has 0 aliphatic heterocycles. The topological polar surface area (TPSA) is 46.6 Å². The third-order valence-electron chi connectivity index (χ3n) is 3.81. The molecular weight excluding hydrogens is 318 g/mol. The summed E-state index contributed by atoms with van der Waals surface area (Å²) in [4.78, 5) is 26.8. The van der Waals surface area contributed by atoms with Crippen LogP contribution in [0.1, 0.15) is 55.4 Å². The molecule has 0 aromatic carbocycles. The van der Waals surface area contributed by atoms with Crippen LogP contribution in [0.2, 0.25) is 19.6 Å². The summed E-state index contributed by atoms with van der Waals surface area (Å²) in [6.07, 6.45) is 1.53. The van der Waals surface area contributed by atoms with Crippen molar-refractivity contribution in [3.8, 4) is 0 Å². The summed E-state index contributed by atoms with van der Waals surface area (Å²) in [7, 11) is -1.89. The van der Waals surface area contributed by atoms with E-state index >= 15 is 0 Å². The summed E-state index contributed by atoms with van der Waals surface area (Å²) in [5, 5.41) is 0.684. The lowest BCUT2D eigenvalue weighted by molar-refractivity contribution is -0.128. The van der Waals surface area contributed by atoms with Crippen LogP contribution < -0.4 is 0 Å². The largest absolute Gasteiger partial charge is 0.420 e. The first kappa shape index (κ1) is 22.9. The minimum atomic E-state index is -1.89. The zero-order valence-corrected chi connectivity index (χ0v) is 18.5. The van der Waals surface area contributed by atoms with Crippen LogP contribution in [0.15, 0.2) is 11.5 Å². The molecular formula is C19H37NO3Si. The Hall–Kier alpha value is -1.10. The smallest absolute Gasteiger partial charge is 0.414 e. The number of allylic oxidation sites excluding steroid dienone is 1.